The number of benzene rings is 1. The van der Waals surface area contributed by atoms with Gasteiger partial charge in [-0.05, 0) is 80.2 Å². The maximum absolute atomic E-state index is 13.7. The zero-order valence-electron chi connectivity index (χ0n) is 19.0. The number of hydrogen-bond acceptors (Lipinski definition) is 5. The molecule has 5 rings (SSSR count). The van der Waals surface area contributed by atoms with Gasteiger partial charge in [0.1, 0.15) is 11.4 Å². The minimum atomic E-state index is -0.464. The largest absolute Gasteiger partial charge is 0.507 e. The van der Waals surface area contributed by atoms with Gasteiger partial charge in [-0.25, -0.2) is 4.79 Å². The smallest absolute Gasteiger partial charge is 0.494 e. The van der Waals surface area contributed by atoms with Crippen LogP contribution in [0.25, 0.3) is 0 Å². The minimum absolute atomic E-state index is 0.0600. The van der Waals surface area contributed by atoms with Gasteiger partial charge in [-0.3, -0.25) is 4.79 Å². The van der Waals surface area contributed by atoms with E-state index in [0.717, 1.165) is 56.9 Å². The number of imide groups is 1. The molecule has 1 aromatic carbocycles. The number of amides is 4. The van der Waals surface area contributed by atoms with Crippen LogP contribution >= 0.6 is 11.8 Å². The molecular formula is C25H30N3O4S+. The van der Waals surface area contributed by atoms with Crippen LogP contribution in [0.3, 0.4) is 0 Å². The molecule has 0 spiro atoms. The Morgan fingerprint density at radius 2 is 1.85 bits per heavy atom. The Balaban J connectivity index is 1.48. The second kappa shape index (κ2) is 9.33. The highest BCUT2D eigenvalue weighted by atomic mass is 32.2. The third kappa shape index (κ3) is 4.21. The Hall–Kier alpha value is -2.61. The van der Waals surface area contributed by atoms with Crippen LogP contribution in [0.4, 0.5) is 10.5 Å². The first-order chi connectivity index (χ1) is 16.1. The number of ether oxygens (including phenoxy) is 1. The Labute approximate surface area is 198 Å². The van der Waals surface area contributed by atoms with E-state index in [1.165, 1.54) is 26.1 Å². The molecule has 1 saturated carbocycles. The summed E-state index contributed by atoms with van der Waals surface area (Å²) in [6.45, 7) is 2.39. The summed E-state index contributed by atoms with van der Waals surface area (Å²) in [6, 6.07) is 6.74. The Morgan fingerprint density at radius 1 is 1.12 bits per heavy atom. The molecule has 33 heavy (non-hydrogen) atoms. The Morgan fingerprint density at radius 3 is 2.58 bits per heavy atom. The van der Waals surface area contributed by atoms with Crippen molar-refractivity contribution in [3.05, 3.63) is 34.7 Å². The van der Waals surface area contributed by atoms with Gasteiger partial charge in [-0.1, -0.05) is 24.6 Å². The van der Waals surface area contributed by atoms with Crippen molar-refractivity contribution in [1.29, 1.82) is 0 Å². The average molecular weight is 469 g/mol. The van der Waals surface area contributed by atoms with Gasteiger partial charge < -0.3 is 10.1 Å². The third-order valence-corrected chi connectivity index (χ3v) is 8.24. The monoisotopic (exact) mass is 468 g/mol. The summed E-state index contributed by atoms with van der Waals surface area (Å²) in [7, 11) is 0. The molecule has 0 radical (unpaired) electrons. The number of carbonyl (C=O) groups is 3. The van der Waals surface area contributed by atoms with E-state index in [1.54, 1.807) is 24.3 Å². The van der Waals surface area contributed by atoms with Crippen molar-refractivity contribution in [3.63, 3.8) is 0 Å². The summed E-state index contributed by atoms with van der Waals surface area (Å²) in [5.74, 6) is -0.153. The number of urea groups is 1. The number of thioether (sulfide) groups is 1. The fraction of sp³-hybridized carbons (Fsp3) is 0.520. The summed E-state index contributed by atoms with van der Waals surface area (Å²) in [4.78, 5) is 42.7. The Kier molecular flexibility index (Phi) is 6.27. The van der Waals surface area contributed by atoms with Gasteiger partial charge >= 0.3 is 11.9 Å². The molecule has 174 valence electrons. The summed E-state index contributed by atoms with van der Waals surface area (Å²) < 4.78 is 7.05. The molecule has 0 aromatic heterocycles. The molecule has 4 amide bonds. The highest BCUT2D eigenvalue weighted by molar-refractivity contribution is 8.17. The van der Waals surface area contributed by atoms with Crippen molar-refractivity contribution in [1.82, 2.24) is 5.32 Å². The molecule has 1 atom stereocenters. The fourth-order valence-electron chi connectivity index (χ4n) is 5.29. The molecule has 1 unspecified atom stereocenters. The number of rotatable bonds is 6. The van der Waals surface area contributed by atoms with Crippen molar-refractivity contribution in [2.75, 3.05) is 18.1 Å². The van der Waals surface area contributed by atoms with Crippen molar-refractivity contribution >= 4 is 40.3 Å². The molecule has 0 bridgehead atoms. The highest BCUT2D eigenvalue weighted by Crippen LogP contribution is 2.48. The van der Waals surface area contributed by atoms with Crippen molar-refractivity contribution < 1.29 is 23.7 Å². The Bertz CT molecular complexity index is 1040. The van der Waals surface area contributed by atoms with E-state index < -0.39 is 11.9 Å². The van der Waals surface area contributed by atoms with Gasteiger partial charge in [0.25, 0.3) is 5.91 Å². The number of carbonyl (C=O) groups excluding carboxylic acids is 3. The van der Waals surface area contributed by atoms with E-state index in [9.17, 15) is 14.4 Å². The predicted molar refractivity (Wildman–Crippen MR) is 128 cm³/mol. The van der Waals surface area contributed by atoms with Crippen LogP contribution < -0.4 is 15.0 Å². The molecule has 0 saturated heterocycles. The lowest BCUT2D eigenvalue weighted by Crippen LogP contribution is -2.56. The normalized spacial score (nSPS) is 23.2. The molecule has 7 nitrogen and oxygen atoms in total. The average Bonchev–Trinajstić information content (AvgIpc) is 3.46. The molecule has 2 aliphatic carbocycles. The van der Waals surface area contributed by atoms with Crippen LogP contribution in [-0.2, 0) is 9.59 Å². The van der Waals surface area contributed by atoms with Crippen LogP contribution in [0.5, 0.6) is 5.75 Å². The van der Waals surface area contributed by atoms with E-state index in [1.807, 2.05) is 6.92 Å². The second-order valence-corrected chi connectivity index (χ2v) is 10.2. The molecule has 2 heterocycles. The number of nitrogens with one attached hydrogen (secondary N) is 1. The number of anilines is 1. The lowest BCUT2D eigenvalue weighted by atomic mass is 9.88. The lowest BCUT2D eigenvalue weighted by Gasteiger charge is -2.26. The van der Waals surface area contributed by atoms with Crippen molar-refractivity contribution in [2.45, 2.75) is 64.3 Å². The highest BCUT2D eigenvalue weighted by Gasteiger charge is 2.54. The van der Waals surface area contributed by atoms with E-state index in [4.69, 9.17) is 4.74 Å². The number of nitrogens with zero attached hydrogens (tertiary/aromatic N) is 2. The third-order valence-electron chi connectivity index (χ3n) is 6.86. The maximum atomic E-state index is 13.7. The molecule has 4 aliphatic rings. The van der Waals surface area contributed by atoms with Crippen LogP contribution in [0, 0.1) is 5.92 Å². The SMILES string of the molecule is CCOc1ccc(N2C(=O)C3C4=C(CCCC4)SC3=[N+](CC(=O)NC3CCCC3)C2=O)cc1. The molecule has 1 N–H and O–H groups in total. The zero-order valence-corrected chi connectivity index (χ0v) is 19.8. The summed E-state index contributed by atoms with van der Waals surface area (Å²) in [5, 5.41) is 3.80. The van der Waals surface area contributed by atoms with E-state index in [0.29, 0.717) is 23.1 Å². The quantitative estimate of drug-likeness (QED) is 0.633. The zero-order chi connectivity index (χ0) is 22.9. The molecule has 1 fully saturated rings. The predicted octanol–water partition coefficient (Wildman–Crippen LogP) is 4.21. The number of allylic oxidation sites excluding steroid dienone is 1. The summed E-state index contributed by atoms with van der Waals surface area (Å²) in [5.41, 5.74) is 1.64. The fourth-order valence-corrected chi connectivity index (χ4v) is 6.75. The molecule has 2 aliphatic heterocycles. The molecule has 1 aromatic rings. The van der Waals surface area contributed by atoms with E-state index in [2.05, 4.69) is 5.32 Å². The molecular weight excluding hydrogens is 438 g/mol. The molecule has 8 heteroatoms. The van der Waals surface area contributed by atoms with Gasteiger partial charge in [0, 0.05) is 6.04 Å². The standard InChI is InChI=1S/C25H29N3O4S/c1-2-32-18-13-11-17(12-14-18)28-23(30)22-19-9-5-6-10-20(19)33-24(22)27(25(28)31)15-21(29)26-16-7-3-4-8-16/h11-14,16,22H,2-10,15H2,1H3/p+1. The van der Waals surface area contributed by atoms with Gasteiger partial charge in [-0.2, -0.15) is 9.37 Å². The van der Waals surface area contributed by atoms with Gasteiger partial charge in [0.2, 0.25) is 0 Å². The topological polar surface area (TPSA) is 78.7 Å². The first-order valence-corrected chi connectivity index (χ1v) is 12.8. The summed E-state index contributed by atoms with van der Waals surface area (Å²) in [6.07, 6.45) is 8.18. The summed E-state index contributed by atoms with van der Waals surface area (Å²) >= 11 is 1.54. The minimum Gasteiger partial charge on any atom is -0.494 e. The van der Waals surface area contributed by atoms with Crippen LogP contribution in [-0.4, -0.2) is 46.7 Å². The number of fused-ring (bicyclic) bond motifs is 2. The second-order valence-electron chi connectivity index (χ2n) is 9.05. The van der Waals surface area contributed by atoms with Crippen LogP contribution in [0.1, 0.15) is 58.3 Å². The lowest BCUT2D eigenvalue weighted by molar-refractivity contribution is -0.414. The van der Waals surface area contributed by atoms with Crippen molar-refractivity contribution in [2.24, 2.45) is 5.92 Å². The van der Waals surface area contributed by atoms with Crippen LogP contribution in [0.2, 0.25) is 0 Å². The first kappa shape index (κ1) is 22.2. The van der Waals surface area contributed by atoms with Gasteiger partial charge in [0.15, 0.2) is 17.5 Å². The first-order valence-electron chi connectivity index (χ1n) is 12.0. The number of hydrogen-bond donors (Lipinski definition) is 1. The van der Waals surface area contributed by atoms with E-state index >= 15 is 0 Å². The van der Waals surface area contributed by atoms with Crippen LogP contribution in [0.15, 0.2) is 34.7 Å². The van der Waals surface area contributed by atoms with Crippen molar-refractivity contribution in [3.8, 4) is 5.75 Å². The maximum Gasteiger partial charge on any atom is 0.507 e. The van der Waals surface area contributed by atoms with Gasteiger partial charge in [0.05, 0.1) is 6.61 Å². The van der Waals surface area contributed by atoms with E-state index in [-0.39, 0.29) is 24.4 Å². The van der Waals surface area contributed by atoms with Gasteiger partial charge in [-0.15, -0.1) is 4.90 Å².